The molecular weight excluding hydrogens is 350 g/mol. The van der Waals surface area contributed by atoms with Gasteiger partial charge in [0.05, 0.1) is 17.6 Å². The molecule has 6 heteroatoms. The van der Waals surface area contributed by atoms with Gasteiger partial charge in [0.25, 0.3) is 0 Å². The highest BCUT2D eigenvalue weighted by Gasteiger charge is 2.43. The summed E-state index contributed by atoms with van der Waals surface area (Å²) in [5.74, 6) is 2.35. The predicted molar refractivity (Wildman–Crippen MR) is 83.5 cm³/mol. The molecule has 0 aliphatic heterocycles. The summed E-state index contributed by atoms with van der Waals surface area (Å²) < 4.78 is 6.52. The lowest BCUT2D eigenvalue weighted by molar-refractivity contribution is 0.373. The Kier molecular flexibility index (Phi) is 3.35. The SMILES string of the molecule is Brc1ccc([C@@H]2C[C@H]2c2nc(Cc3cscn3)no2)cc1. The molecule has 4 nitrogen and oxygen atoms in total. The Hall–Kier alpha value is -1.53. The van der Waals surface area contributed by atoms with E-state index in [2.05, 4.69) is 55.3 Å². The van der Waals surface area contributed by atoms with Crippen LogP contribution in [0.25, 0.3) is 0 Å². The molecule has 106 valence electrons. The first kappa shape index (κ1) is 13.2. The van der Waals surface area contributed by atoms with Gasteiger partial charge in [0, 0.05) is 15.8 Å². The number of hydrogen-bond acceptors (Lipinski definition) is 5. The van der Waals surface area contributed by atoms with Gasteiger partial charge in [-0.2, -0.15) is 4.98 Å². The molecular formula is C15H12BrN3OS. The average Bonchev–Trinajstić information content (AvgIpc) is 2.90. The van der Waals surface area contributed by atoms with Crippen molar-refractivity contribution in [3.8, 4) is 0 Å². The van der Waals surface area contributed by atoms with Crippen LogP contribution in [0, 0.1) is 0 Å². The second-order valence-corrected chi connectivity index (χ2v) is 6.84. The normalized spacial score (nSPS) is 20.6. The van der Waals surface area contributed by atoms with Crippen molar-refractivity contribution < 1.29 is 4.52 Å². The second-order valence-electron chi connectivity index (χ2n) is 5.21. The van der Waals surface area contributed by atoms with Gasteiger partial charge >= 0.3 is 0 Å². The Bertz CT molecular complexity index is 739. The van der Waals surface area contributed by atoms with Crippen molar-refractivity contribution >= 4 is 27.3 Å². The maximum atomic E-state index is 5.42. The van der Waals surface area contributed by atoms with Crippen LogP contribution in [0.15, 0.2) is 44.2 Å². The Morgan fingerprint density at radius 2 is 2.10 bits per heavy atom. The summed E-state index contributed by atoms with van der Waals surface area (Å²) in [5, 5.41) is 6.08. The minimum Gasteiger partial charge on any atom is -0.339 e. The lowest BCUT2D eigenvalue weighted by atomic mass is 10.1. The van der Waals surface area contributed by atoms with Crippen molar-refractivity contribution in [2.24, 2.45) is 0 Å². The summed E-state index contributed by atoms with van der Waals surface area (Å²) in [6.07, 6.45) is 1.72. The highest BCUT2D eigenvalue weighted by atomic mass is 79.9. The van der Waals surface area contributed by atoms with Crippen molar-refractivity contribution in [1.29, 1.82) is 0 Å². The lowest BCUT2D eigenvalue weighted by Gasteiger charge is -1.98. The Morgan fingerprint density at radius 1 is 1.24 bits per heavy atom. The highest BCUT2D eigenvalue weighted by molar-refractivity contribution is 9.10. The third-order valence-corrected chi connectivity index (χ3v) is 4.88. The van der Waals surface area contributed by atoms with Crippen LogP contribution >= 0.6 is 27.3 Å². The number of nitrogens with zero attached hydrogens (tertiary/aromatic N) is 3. The molecule has 1 aliphatic rings. The zero-order chi connectivity index (χ0) is 14.2. The second kappa shape index (κ2) is 5.35. The Morgan fingerprint density at radius 3 is 2.86 bits per heavy atom. The quantitative estimate of drug-likeness (QED) is 0.700. The van der Waals surface area contributed by atoms with E-state index in [0.29, 0.717) is 18.3 Å². The van der Waals surface area contributed by atoms with Crippen molar-refractivity contribution in [2.75, 3.05) is 0 Å². The number of hydrogen-bond donors (Lipinski definition) is 0. The third kappa shape index (κ3) is 2.78. The van der Waals surface area contributed by atoms with Crippen LogP contribution in [0.4, 0.5) is 0 Å². The average molecular weight is 362 g/mol. The fraction of sp³-hybridized carbons (Fsp3) is 0.267. The zero-order valence-corrected chi connectivity index (χ0v) is 13.5. The van der Waals surface area contributed by atoms with E-state index in [-0.39, 0.29) is 0 Å². The minimum atomic E-state index is 0.364. The van der Waals surface area contributed by atoms with Gasteiger partial charge in [-0.15, -0.1) is 11.3 Å². The van der Waals surface area contributed by atoms with Crippen molar-refractivity contribution in [3.63, 3.8) is 0 Å². The minimum absolute atomic E-state index is 0.364. The molecule has 2 aromatic heterocycles. The van der Waals surface area contributed by atoms with Crippen LogP contribution in [0.5, 0.6) is 0 Å². The monoisotopic (exact) mass is 361 g/mol. The van der Waals surface area contributed by atoms with Gasteiger partial charge in [-0.05, 0) is 30.0 Å². The summed E-state index contributed by atoms with van der Waals surface area (Å²) in [7, 11) is 0. The molecule has 1 aromatic carbocycles. The fourth-order valence-corrected chi connectivity index (χ4v) is 3.35. The largest absolute Gasteiger partial charge is 0.339 e. The molecule has 21 heavy (non-hydrogen) atoms. The van der Waals surface area contributed by atoms with E-state index in [4.69, 9.17) is 4.52 Å². The van der Waals surface area contributed by atoms with E-state index in [9.17, 15) is 0 Å². The molecule has 0 spiro atoms. The molecule has 0 amide bonds. The molecule has 1 fully saturated rings. The van der Waals surface area contributed by atoms with Crippen LogP contribution < -0.4 is 0 Å². The van der Waals surface area contributed by atoms with Crippen molar-refractivity contribution in [1.82, 2.24) is 15.1 Å². The highest BCUT2D eigenvalue weighted by Crippen LogP contribution is 2.54. The first-order chi connectivity index (χ1) is 10.3. The molecule has 3 aromatic rings. The van der Waals surface area contributed by atoms with Crippen molar-refractivity contribution in [3.05, 3.63) is 62.6 Å². The van der Waals surface area contributed by atoms with E-state index >= 15 is 0 Å². The zero-order valence-electron chi connectivity index (χ0n) is 11.1. The maximum absolute atomic E-state index is 5.42. The van der Waals surface area contributed by atoms with Gasteiger partial charge in [0.15, 0.2) is 5.82 Å². The van der Waals surface area contributed by atoms with E-state index < -0.39 is 0 Å². The molecule has 2 atom stereocenters. The molecule has 0 bridgehead atoms. The predicted octanol–water partition coefficient (Wildman–Crippen LogP) is 4.15. The topological polar surface area (TPSA) is 51.8 Å². The fourth-order valence-electron chi connectivity index (χ4n) is 2.52. The van der Waals surface area contributed by atoms with Gasteiger partial charge < -0.3 is 4.52 Å². The van der Waals surface area contributed by atoms with Crippen LogP contribution in [0.3, 0.4) is 0 Å². The summed E-state index contributed by atoms with van der Waals surface area (Å²) in [5.41, 5.74) is 4.15. The summed E-state index contributed by atoms with van der Waals surface area (Å²) in [6, 6.07) is 8.46. The van der Waals surface area contributed by atoms with Gasteiger partial charge in [-0.3, -0.25) is 0 Å². The lowest BCUT2D eigenvalue weighted by Crippen LogP contribution is -1.91. The smallest absolute Gasteiger partial charge is 0.230 e. The standard InChI is InChI=1S/C15H12BrN3OS/c16-10-3-1-9(2-4-10)12-6-13(12)15-18-14(19-20-15)5-11-7-21-8-17-11/h1-4,7-8,12-13H,5-6H2/t12-,13+/m0/s1. The summed E-state index contributed by atoms with van der Waals surface area (Å²) >= 11 is 5.04. The molecule has 0 radical (unpaired) electrons. The van der Waals surface area contributed by atoms with Crippen molar-refractivity contribution in [2.45, 2.75) is 24.7 Å². The van der Waals surface area contributed by atoms with Gasteiger partial charge in [0.2, 0.25) is 5.89 Å². The molecule has 1 saturated carbocycles. The molecule has 1 aliphatic carbocycles. The first-order valence-corrected chi connectivity index (χ1v) is 8.48. The van der Waals surface area contributed by atoms with Crippen LogP contribution in [0.1, 0.15) is 41.2 Å². The van der Waals surface area contributed by atoms with Gasteiger partial charge in [-0.25, -0.2) is 4.98 Å². The van der Waals surface area contributed by atoms with E-state index in [1.54, 1.807) is 11.3 Å². The Balaban J connectivity index is 1.46. The Labute approximate surface area is 134 Å². The molecule has 2 heterocycles. The summed E-state index contributed by atoms with van der Waals surface area (Å²) in [4.78, 5) is 8.76. The van der Waals surface area contributed by atoms with E-state index in [0.717, 1.165) is 28.3 Å². The molecule has 4 rings (SSSR count). The van der Waals surface area contributed by atoms with Crippen LogP contribution in [-0.4, -0.2) is 15.1 Å². The maximum Gasteiger partial charge on any atom is 0.230 e. The first-order valence-electron chi connectivity index (χ1n) is 6.74. The van der Waals surface area contributed by atoms with Crippen LogP contribution in [-0.2, 0) is 6.42 Å². The number of benzene rings is 1. The number of rotatable bonds is 4. The van der Waals surface area contributed by atoms with Gasteiger partial charge in [-0.1, -0.05) is 33.2 Å². The molecule has 0 unspecified atom stereocenters. The van der Waals surface area contributed by atoms with Crippen LogP contribution in [0.2, 0.25) is 0 Å². The number of aromatic nitrogens is 3. The van der Waals surface area contributed by atoms with E-state index in [1.807, 2.05) is 10.9 Å². The summed E-state index contributed by atoms with van der Waals surface area (Å²) in [6.45, 7) is 0. The molecule has 0 saturated heterocycles. The van der Waals surface area contributed by atoms with E-state index in [1.165, 1.54) is 5.56 Å². The van der Waals surface area contributed by atoms with Gasteiger partial charge in [0.1, 0.15) is 0 Å². The number of thiazole rings is 1. The number of halogens is 1. The molecule has 0 N–H and O–H groups in total. The third-order valence-electron chi connectivity index (χ3n) is 3.71.